The first-order chi connectivity index (χ1) is 11.9. The van der Waals surface area contributed by atoms with E-state index < -0.39 is 4.92 Å². The van der Waals surface area contributed by atoms with Gasteiger partial charge in [0.15, 0.2) is 5.16 Å². The Hall–Kier alpha value is -2.68. The van der Waals surface area contributed by atoms with Crippen LogP contribution in [0.3, 0.4) is 0 Å². The highest BCUT2D eigenvalue weighted by atomic mass is 32.2. The SMILES string of the molecule is C=CCn1c(C)nnc1SCCC(=O)Nc1cccc([N+](=O)[O-])c1C. The molecule has 1 N–H and O–H groups in total. The summed E-state index contributed by atoms with van der Waals surface area (Å²) in [4.78, 5) is 22.6. The van der Waals surface area contributed by atoms with Gasteiger partial charge in [0.1, 0.15) is 5.82 Å². The van der Waals surface area contributed by atoms with E-state index in [2.05, 4.69) is 22.1 Å². The van der Waals surface area contributed by atoms with Crippen LogP contribution in [-0.2, 0) is 11.3 Å². The lowest BCUT2D eigenvalue weighted by molar-refractivity contribution is -0.385. The highest BCUT2D eigenvalue weighted by Gasteiger charge is 2.15. The fourth-order valence-corrected chi connectivity index (χ4v) is 3.14. The summed E-state index contributed by atoms with van der Waals surface area (Å²) in [5.74, 6) is 1.11. The summed E-state index contributed by atoms with van der Waals surface area (Å²) < 4.78 is 1.92. The standard InChI is InChI=1S/C16H19N5O3S/c1-4-9-20-12(3)18-19-16(20)25-10-8-15(22)17-13-6-5-7-14(11(13)2)21(23)24/h4-7H,1,8-10H2,2-3H3,(H,17,22). The van der Waals surface area contributed by atoms with Crippen molar-refractivity contribution in [2.45, 2.75) is 32.0 Å². The first-order valence-electron chi connectivity index (χ1n) is 7.61. The lowest BCUT2D eigenvalue weighted by Gasteiger charge is -2.09. The van der Waals surface area contributed by atoms with Crippen molar-refractivity contribution in [3.8, 4) is 0 Å². The van der Waals surface area contributed by atoms with Gasteiger partial charge in [0.2, 0.25) is 5.91 Å². The molecule has 0 bridgehead atoms. The summed E-state index contributed by atoms with van der Waals surface area (Å²) in [6.45, 7) is 7.79. The van der Waals surface area contributed by atoms with Gasteiger partial charge in [0.05, 0.1) is 16.2 Å². The van der Waals surface area contributed by atoms with Crippen molar-refractivity contribution in [1.82, 2.24) is 14.8 Å². The van der Waals surface area contributed by atoms with E-state index >= 15 is 0 Å². The largest absolute Gasteiger partial charge is 0.326 e. The molecule has 132 valence electrons. The molecule has 0 aliphatic heterocycles. The number of allylic oxidation sites excluding steroid dienone is 1. The van der Waals surface area contributed by atoms with Crippen LogP contribution < -0.4 is 5.32 Å². The van der Waals surface area contributed by atoms with Crippen LogP contribution in [-0.4, -0.2) is 31.3 Å². The van der Waals surface area contributed by atoms with Crippen LogP contribution in [0.2, 0.25) is 0 Å². The van der Waals surface area contributed by atoms with Crippen LogP contribution in [0.15, 0.2) is 36.0 Å². The third-order valence-electron chi connectivity index (χ3n) is 3.55. The second-order valence-corrected chi connectivity index (χ2v) is 6.34. The van der Waals surface area contributed by atoms with Gasteiger partial charge >= 0.3 is 0 Å². The van der Waals surface area contributed by atoms with Gasteiger partial charge in [-0.3, -0.25) is 14.9 Å². The number of carbonyl (C=O) groups is 1. The second kappa shape index (κ2) is 8.43. The first kappa shape index (κ1) is 18.7. The minimum absolute atomic E-state index is 0.0137. The Labute approximate surface area is 149 Å². The van der Waals surface area contributed by atoms with E-state index in [-0.39, 0.29) is 18.0 Å². The molecule has 2 rings (SSSR count). The van der Waals surface area contributed by atoms with Crippen molar-refractivity contribution in [1.29, 1.82) is 0 Å². The van der Waals surface area contributed by atoms with Crippen LogP contribution in [0.25, 0.3) is 0 Å². The zero-order valence-electron chi connectivity index (χ0n) is 14.1. The Bertz CT molecular complexity index is 803. The number of benzene rings is 1. The van der Waals surface area contributed by atoms with Crippen LogP contribution in [0.5, 0.6) is 0 Å². The van der Waals surface area contributed by atoms with Crippen molar-refractivity contribution in [3.63, 3.8) is 0 Å². The Morgan fingerprint density at radius 1 is 1.44 bits per heavy atom. The van der Waals surface area contributed by atoms with Crippen molar-refractivity contribution >= 4 is 29.0 Å². The third-order valence-corrected chi connectivity index (χ3v) is 4.52. The van der Waals surface area contributed by atoms with Gasteiger partial charge in [0, 0.05) is 24.8 Å². The molecule has 0 atom stereocenters. The molecule has 1 heterocycles. The minimum atomic E-state index is -0.463. The number of carbonyl (C=O) groups excluding carboxylic acids is 1. The van der Waals surface area contributed by atoms with E-state index in [0.717, 1.165) is 11.0 Å². The van der Waals surface area contributed by atoms with Crippen molar-refractivity contribution in [2.24, 2.45) is 0 Å². The van der Waals surface area contributed by atoms with Gasteiger partial charge in [-0.25, -0.2) is 0 Å². The number of hydrogen-bond acceptors (Lipinski definition) is 6. The quantitative estimate of drug-likeness (QED) is 0.335. The Kier molecular flexibility index (Phi) is 6.29. The summed E-state index contributed by atoms with van der Waals surface area (Å²) in [6.07, 6.45) is 2.02. The van der Waals surface area contributed by atoms with Gasteiger partial charge in [-0.1, -0.05) is 23.9 Å². The van der Waals surface area contributed by atoms with Crippen LogP contribution in [0.1, 0.15) is 17.8 Å². The third kappa shape index (κ3) is 4.66. The van der Waals surface area contributed by atoms with Gasteiger partial charge in [-0.15, -0.1) is 16.8 Å². The zero-order valence-corrected chi connectivity index (χ0v) is 14.9. The number of nitrogens with zero attached hydrogens (tertiary/aromatic N) is 4. The van der Waals surface area contributed by atoms with Crippen LogP contribution in [0.4, 0.5) is 11.4 Å². The molecule has 1 aromatic heterocycles. The maximum absolute atomic E-state index is 12.1. The van der Waals surface area contributed by atoms with Crippen molar-refractivity contribution in [2.75, 3.05) is 11.1 Å². The van der Waals surface area contributed by atoms with Crippen molar-refractivity contribution < 1.29 is 9.72 Å². The highest BCUT2D eigenvalue weighted by molar-refractivity contribution is 7.99. The number of amides is 1. The molecule has 0 unspecified atom stereocenters. The minimum Gasteiger partial charge on any atom is -0.326 e. The molecule has 0 saturated heterocycles. The number of hydrogen-bond donors (Lipinski definition) is 1. The van der Waals surface area contributed by atoms with E-state index in [9.17, 15) is 14.9 Å². The van der Waals surface area contributed by atoms with Gasteiger partial charge in [-0.05, 0) is 19.9 Å². The predicted molar refractivity (Wildman–Crippen MR) is 96.8 cm³/mol. The van der Waals surface area contributed by atoms with Gasteiger partial charge in [0.25, 0.3) is 5.69 Å². The lowest BCUT2D eigenvalue weighted by atomic mass is 10.1. The molecule has 8 nitrogen and oxygen atoms in total. The first-order valence-corrected chi connectivity index (χ1v) is 8.60. The molecular formula is C16H19N5O3S. The number of aryl methyl sites for hydroxylation is 1. The monoisotopic (exact) mass is 361 g/mol. The average molecular weight is 361 g/mol. The number of nitro benzene ring substituents is 1. The molecule has 0 saturated carbocycles. The van der Waals surface area contributed by atoms with Gasteiger partial charge < -0.3 is 9.88 Å². The highest BCUT2D eigenvalue weighted by Crippen LogP contribution is 2.25. The summed E-state index contributed by atoms with van der Waals surface area (Å²) in [7, 11) is 0. The summed E-state index contributed by atoms with van der Waals surface area (Å²) >= 11 is 1.43. The maximum Gasteiger partial charge on any atom is 0.274 e. The number of thioether (sulfide) groups is 1. The number of nitro groups is 1. The number of rotatable bonds is 8. The second-order valence-electron chi connectivity index (χ2n) is 5.28. The van der Waals surface area contributed by atoms with Crippen LogP contribution in [0, 0.1) is 24.0 Å². The average Bonchev–Trinajstić information content (AvgIpc) is 2.90. The molecule has 25 heavy (non-hydrogen) atoms. The molecule has 1 amide bonds. The Morgan fingerprint density at radius 2 is 2.20 bits per heavy atom. The number of nitrogens with one attached hydrogen (secondary N) is 1. The molecule has 0 fully saturated rings. The summed E-state index contributed by atoms with van der Waals surface area (Å²) in [5, 5.41) is 22.5. The fourth-order valence-electron chi connectivity index (χ4n) is 2.21. The lowest BCUT2D eigenvalue weighted by Crippen LogP contribution is -2.13. The number of aromatic nitrogens is 3. The molecule has 2 aromatic rings. The van der Waals surface area contributed by atoms with Crippen molar-refractivity contribution in [3.05, 3.63) is 52.4 Å². The molecular weight excluding hydrogens is 342 g/mol. The summed E-state index contributed by atoms with van der Waals surface area (Å²) in [6, 6.07) is 4.61. The molecule has 1 aromatic carbocycles. The molecule has 0 radical (unpaired) electrons. The van der Waals surface area contributed by atoms with E-state index in [0.29, 0.717) is 23.5 Å². The zero-order chi connectivity index (χ0) is 18.4. The Balaban J connectivity index is 1.93. The van der Waals surface area contributed by atoms with Crippen LogP contribution >= 0.6 is 11.8 Å². The van der Waals surface area contributed by atoms with E-state index in [1.165, 1.54) is 17.8 Å². The molecule has 0 spiro atoms. The number of anilines is 1. The van der Waals surface area contributed by atoms with E-state index in [1.54, 1.807) is 25.1 Å². The smallest absolute Gasteiger partial charge is 0.274 e. The molecule has 9 heteroatoms. The Morgan fingerprint density at radius 3 is 2.88 bits per heavy atom. The normalized spacial score (nSPS) is 10.5. The van der Waals surface area contributed by atoms with Gasteiger partial charge in [-0.2, -0.15) is 0 Å². The molecule has 0 aliphatic carbocycles. The fraction of sp³-hybridized carbons (Fsp3) is 0.312. The molecule has 0 aliphatic rings. The predicted octanol–water partition coefficient (Wildman–Crippen LogP) is 3.11. The summed E-state index contributed by atoms with van der Waals surface area (Å²) in [5.41, 5.74) is 0.880. The van der Waals surface area contributed by atoms with E-state index in [4.69, 9.17) is 0 Å². The topological polar surface area (TPSA) is 103 Å². The maximum atomic E-state index is 12.1. The van der Waals surface area contributed by atoms with E-state index in [1.807, 2.05) is 11.5 Å².